The van der Waals surface area contributed by atoms with E-state index in [0.29, 0.717) is 0 Å². The molecule has 19 heavy (non-hydrogen) atoms. The minimum atomic E-state index is -3.77. The van der Waals surface area contributed by atoms with Crippen LogP contribution in [-0.2, 0) is 16.4 Å². The summed E-state index contributed by atoms with van der Waals surface area (Å²) in [6.07, 6.45) is 2.09. The molecular formula is C12H16ClN3O2S. The lowest BCUT2D eigenvalue weighted by atomic mass is 10.1. The van der Waals surface area contributed by atoms with Crippen molar-refractivity contribution in [1.82, 2.24) is 4.90 Å². The first-order valence-corrected chi connectivity index (χ1v) is 7.67. The van der Waals surface area contributed by atoms with Gasteiger partial charge in [-0.3, -0.25) is 0 Å². The van der Waals surface area contributed by atoms with E-state index >= 15 is 0 Å². The molecule has 7 heteroatoms. The smallest absolute Gasteiger partial charge is 0.285 e. The Morgan fingerprint density at radius 2 is 2.16 bits per heavy atom. The molecule has 0 bridgehead atoms. The molecule has 1 aromatic carbocycles. The van der Waals surface area contributed by atoms with Crippen molar-refractivity contribution in [1.29, 1.82) is 0 Å². The number of nitrogens with zero attached hydrogens (tertiary/aromatic N) is 2. The Balaban J connectivity index is 2.44. The molecule has 1 heterocycles. The van der Waals surface area contributed by atoms with E-state index in [0.717, 1.165) is 17.7 Å². The number of fused-ring (bicyclic) bond motifs is 1. The fourth-order valence-electron chi connectivity index (χ4n) is 1.95. The molecule has 0 radical (unpaired) electrons. The third kappa shape index (κ3) is 3.01. The van der Waals surface area contributed by atoms with Crippen LogP contribution >= 0.6 is 11.6 Å². The number of sulfonamides is 1. The van der Waals surface area contributed by atoms with Crippen molar-refractivity contribution in [3.8, 4) is 0 Å². The number of hydrogen-bond donors (Lipinski definition) is 1. The highest BCUT2D eigenvalue weighted by atomic mass is 35.5. The molecular weight excluding hydrogens is 286 g/mol. The Morgan fingerprint density at radius 1 is 1.47 bits per heavy atom. The summed E-state index contributed by atoms with van der Waals surface area (Å²) in [5, 5.41) is 3.43. The lowest BCUT2D eigenvalue weighted by Gasteiger charge is -2.07. The van der Waals surface area contributed by atoms with Crippen LogP contribution in [0.5, 0.6) is 0 Å². The minimum Gasteiger partial charge on any atom is -0.382 e. The van der Waals surface area contributed by atoms with Crippen LogP contribution in [0.3, 0.4) is 0 Å². The molecule has 1 aliphatic rings. The van der Waals surface area contributed by atoms with Crippen LogP contribution in [-0.4, -0.2) is 39.8 Å². The molecule has 5 nitrogen and oxygen atoms in total. The SMILES string of the molecule is C[C@H]1Cc2cc(Cl)c(S(=O)(=O)/N=C/N(C)C)cc2N1. The Bertz CT molecular complexity index is 626. The van der Waals surface area contributed by atoms with Gasteiger partial charge in [-0.05, 0) is 31.0 Å². The quantitative estimate of drug-likeness (QED) is 0.685. The number of hydrogen-bond acceptors (Lipinski definition) is 3. The van der Waals surface area contributed by atoms with Crippen molar-refractivity contribution in [3.63, 3.8) is 0 Å². The van der Waals surface area contributed by atoms with Crippen LogP contribution in [0, 0.1) is 0 Å². The molecule has 0 aliphatic carbocycles. The van der Waals surface area contributed by atoms with E-state index in [9.17, 15) is 8.42 Å². The van der Waals surface area contributed by atoms with Crippen LogP contribution in [0.2, 0.25) is 5.02 Å². The standard InChI is InChI=1S/C12H16ClN3O2S/c1-8-4-9-5-10(13)12(6-11(9)15-8)19(17,18)14-7-16(2)3/h5-8,15H,4H2,1-3H3/b14-7+/t8-/m0/s1. The van der Waals surface area contributed by atoms with Gasteiger partial charge >= 0.3 is 0 Å². The Kier molecular flexibility index (Phi) is 3.73. The summed E-state index contributed by atoms with van der Waals surface area (Å²) in [5.74, 6) is 0. The van der Waals surface area contributed by atoms with Gasteiger partial charge in [0.05, 0.1) is 5.02 Å². The van der Waals surface area contributed by atoms with E-state index in [2.05, 4.69) is 9.71 Å². The van der Waals surface area contributed by atoms with Crippen LogP contribution in [0.15, 0.2) is 21.4 Å². The van der Waals surface area contributed by atoms with Crippen molar-refractivity contribution in [2.45, 2.75) is 24.3 Å². The van der Waals surface area contributed by atoms with Gasteiger partial charge < -0.3 is 10.2 Å². The van der Waals surface area contributed by atoms with Gasteiger partial charge in [0.25, 0.3) is 10.0 Å². The zero-order valence-electron chi connectivity index (χ0n) is 11.0. The highest BCUT2D eigenvalue weighted by molar-refractivity contribution is 7.90. The highest BCUT2D eigenvalue weighted by Crippen LogP contribution is 2.34. The average Bonchev–Trinajstić information content (AvgIpc) is 2.64. The van der Waals surface area contributed by atoms with Crippen molar-refractivity contribution in [3.05, 3.63) is 22.7 Å². The van der Waals surface area contributed by atoms with Crippen molar-refractivity contribution < 1.29 is 8.42 Å². The number of benzene rings is 1. The molecule has 104 valence electrons. The molecule has 0 aromatic heterocycles. The lowest BCUT2D eigenvalue weighted by molar-refractivity contribution is 0.595. The van der Waals surface area contributed by atoms with E-state index in [1.807, 2.05) is 6.92 Å². The second kappa shape index (κ2) is 5.02. The first kappa shape index (κ1) is 14.1. The van der Waals surface area contributed by atoms with Gasteiger partial charge in [0.2, 0.25) is 0 Å². The van der Waals surface area contributed by atoms with E-state index in [4.69, 9.17) is 11.6 Å². The molecule has 0 amide bonds. The predicted molar refractivity (Wildman–Crippen MR) is 77.6 cm³/mol. The summed E-state index contributed by atoms with van der Waals surface area (Å²) in [6.45, 7) is 2.03. The van der Waals surface area contributed by atoms with Crippen molar-refractivity contribution in [2.24, 2.45) is 4.40 Å². The van der Waals surface area contributed by atoms with Gasteiger partial charge in [-0.25, -0.2) is 0 Å². The monoisotopic (exact) mass is 301 g/mol. The zero-order valence-corrected chi connectivity index (χ0v) is 12.6. The highest BCUT2D eigenvalue weighted by Gasteiger charge is 2.23. The molecule has 0 saturated carbocycles. The maximum atomic E-state index is 12.1. The zero-order chi connectivity index (χ0) is 14.2. The number of rotatable bonds is 3. The second-order valence-corrected chi connectivity index (χ2v) is 6.86. The number of nitrogens with one attached hydrogen (secondary N) is 1. The maximum Gasteiger partial charge on any atom is 0.285 e. The lowest BCUT2D eigenvalue weighted by Crippen LogP contribution is -2.10. The summed E-state index contributed by atoms with van der Waals surface area (Å²) in [6, 6.07) is 3.55. The summed E-state index contributed by atoms with van der Waals surface area (Å²) in [5.41, 5.74) is 1.85. The first-order valence-electron chi connectivity index (χ1n) is 5.85. The summed E-state index contributed by atoms with van der Waals surface area (Å²) in [7, 11) is -0.367. The number of anilines is 1. The largest absolute Gasteiger partial charge is 0.382 e. The number of halogens is 1. The summed E-state index contributed by atoms with van der Waals surface area (Å²) in [4.78, 5) is 1.59. The second-order valence-electron chi connectivity index (χ2n) is 4.85. The van der Waals surface area contributed by atoms with Crippen LogP contribution in [0.4, 0.5) is 5.69 Å². The van der Waals surface area contributed by atoms with Crippen LogP contribution in [0.25, 0.3) is 0 Å². The van der Waals surface area contributed by atoms with Gasteiger partial charge in [-0.2, -0.15) is 8.42 Å². The Morgan fingerprint density at radius 3 is 2.79 bits per heavy atom. The molecule has 0 saturated heterocycles. The molecule has 0 unspecified atom stereocenters. The van der Waals surface area contributed by atoms with Gasteiger partial charge in [-0.1, -0.05) is 11.6 Å². The fraction of sp³-hybridized carbons (Fsp3) is 0.417. The molecule has 2 rings (SSSR count). The van der Waals surface area contributed by atoms with Gasteiger partial charge in [-0.15, -0.1) is 4.40 Å². The summed E-state index contributed by atoms with van der Waals surface area (Å²) < 4.78 is 27.8. The maximum absolute atomic E-state index is 12.1. The topological polar surface area (TPSA) is 61.8 Å². The first-order chi connectivity index (χ1) is 8.79. The van der Waals surface area contributed by atoms with Crippen molar-refractivity contribution >= 4 is 33.7 Å². The van der Waals surface area contributed by atoms with Gasteiger partial charge in [0, 0.05) is 25.8 Å². The van der Waals surface area contributed by atoms with E-state index < -0.39 is 10.0 Å². The molecule has 1 aromatic rings. The third-order valence-corrected chi connectivity index (χ3v) is 4.47. The van der Waals surface area contributed by atoms with Crippen molar-refractivity contribution in [2.75, 3.05) is 19.4 Å². The molecule has 0 spiro atoms. The minimum absolute atomic E-state index is 0.0348. The Hall–Kier alpha value is -1.27. The molecule has 0 fully saturated rings. The molecule has 1 N–H and O–H groups in total. The van der Waals surface area contributed by atoms with Crippen LogP contribution in [0.1, 0.15) is 12.5 Å². The fourth-order valence-corrected chi connectivity index (χ4v) is 3.43. The van der Waals surface area contributed by atoms with E-state index in [1.54, 1.807) is 31.1 Å². The average molecular weight is 302 g/mol. The Labute approximate surface area is 118 Å². The molecule has 1 aliphatic heterocycles. The summed E-state index contributed by atoms with van der Waals surface area (Å²) >= 11 is 6.06. The normalized spacial score (nSPS) is 18.4. The van der Waals surface area contributed by atoms with Gasteiger partial charge in [0.15, 0.2) is 0 Å². The third-order valence-electron chi connectivity index (χ3n) is 2.78. The predicted octanol–water partition coefficient (Wildman–Crippen LogP) is 1.98. The van der Waals surface area contributed by atoms with Gasteiger partial charge in [0.1, 0.15) is 11.2 Å². The van der Waals surface area contributed by atoms with E-state index in [1.165, 1.54) is 6.34 Å². The van der Waals surface area contributed by atoms with Crippen LogP contribution < -0.4 is 5.32 Å². The molecule has 1 atom stereocenters. The van der Waals surface area contributed by atoms with E-state index in [-0.39, 0.29) is 16.0 Å².